The van der Waals surface area contributed by atoms with Crippen LogP contribution in [0.4, 0.5) is 5.69 Å². The van der Waals surface area contributed by atoms with E-state index in [4.69, 9.17) is 0 Å². The Kier molecular flexibility index (Phi) is 2.71. The Balaban J connectivity index is 1.87. The molecule has 20 heavy (non-hydrogen) atoms. The van der Waals surface area contributed by atoms with Gasteiger partial charge in [-0.15, -0.1) is 0 Å². The van der Waals surface area contributed by atoms with Crippen LogP contribution in [-0.4, -0.2) is 15.0 Å². The predicted octanol–water partition coefficient (Wildman–Crippen LogP) is 4.22. The molecule has 5 atom stereocenters. The van der Waals surface area contributed by atoms with Crippen molar-refractivity contribution in [3.8, 4) is 0 Å². The summed E-state index contributed by atoms with van der Waals surface area (Å²) < 4.78 is 2.79. The van der Waals surface area contributed by atoms with Crippen LogP contribution in [0, 0.1) is 17.8 Å². The van der Waals surface area contributed by atoms with Crippen LogP contribution in [0.1, 0.15) is 18.4 Å². The van der Waals surface area contributed by atoms with Gasteiger partial charge in [0.25, 0.3) is 0 Å². The molecular formula is C18H22NSi. The molecule has 0 saturated heterocycles. The van der Waals surface area contributed by atoms with E-state index in [1.54, 1.807) is 5.56 Å². The molecule has 1 radical (unpaired) electrons. The lowest BCUT2D eigenvalue weighted by Gasteiger charge is -2.34. The van der Waals surface area contributed by atoms with Crippen molar-refractivity contribution < 1.29 is 0 Å². The van der Waals surface area contributed by atoms with Gasteiger partial charge in [0.1, 0.15) is 0 Å². The van der Waals surface area contributed by atoms with Crippen LogP contribution in [0.5, 0.6) is 0 Å². The van der Waals surface area contributed by atoms with E-state index in [9.17, 15) is 0 Å². The van der Waals surface area contributed by atoms with Gasteiger partial charge in [-0.1, -0.05) is 62.5 Å². The molecule has 3 aliphatic rings. The minimum atomic E-state index is -0.466. The van der Waals surface area contributed by atoms with Crippen LogP contribution >= 0.6 is 0 Å². The van der Waals surface area contributed by atoms with E-state index in [0.29, 0.717) is 17.9 Å². The molecule has 103 valence electrons. The van der Waals surface area contributed by atoms with Gasteiger partial charge in [-0.3, -0.25) is 0 Å². The molecule has 1 nitrogen and oxygen atoms in total. The van der Waals surface area contributed by atoms with E-state index >= 15 is 0 Å². The number of hydrogen-bond acceptors (Lipinski definition) is 1. The Morgan fingerprint density at radius 1 is 1.00 bits per heavy atom. The van der Waals surface area contributed by atoms with Gasteiger partial charge in [-0.25, -0.2) is 0 Å². The Morgan fingerprint density at radius 3 is 2.45 bits per heavy atom. The molecule has 1 heterocycles. The highest BCUT2D eigenvalue weighted by molar-refractivity contribution is 6.60. The fraction of sp³-hybridized carbons (Fsp3) is 0.444. The van der Waals surface area contributed by atoms with Gasteiger partial charge in [0.15, 0.2) is 8.96 Å². The lowest BCUT2D eigenvalue weighted by atomic mass is 9.82. The third-order valence-electron chi connectivity index (χ3n) is 5.49. The zero-order valence-corrected chi connectivity index (χ0v) is 13.5. The van der Waals surface area contributed by atoms with Gasteiger partial charge in [-0.2, -0.15) is 0 Å². The monoisotopic (exact) mass is 280 g/mol. The van der Waals surface area contributed by atoms with Crippen molar-refractivity contribution in [3.05, 3.63) is 54.1 Å². The number of nitrogens with zero attached hydrogens (tertiary/aromatic N) is 1. The van der Waals surface area contributed by atoms with Crippen molar-refractivity contribution in [2.75, 3.05) is 4.57 Å². The molecule has 2 heteroatoms. The SMILES string of the molecule is CC1C2C=CC=CC2C2c3ccccc3N([Si](C)C)C12. The minimum Gasteiger partial charge on any atom is -0.394 e. The summed E-state index contributed by atoms with van der Waals surface area (Å²) in [4.78, 5) is 0. The number of benzene rings is 1. The summed E-state index contributed by atoms with van der Waals surface area (Å²) >= 11 is 0. The topological polar surface area (TPSA) is 3.24 Å². The van der Waals surface area contributed by atoms with Crippen molar-refractivity contribution in [2.45, 2.75) is 32.0 Å². The normalized spacial score (nSPS) is 37.2. The molecule has 0 N–H and O–H groups in total. The number of fused-ring (bicyclic) bond motifs is 5. The van der Waals surface area contributed by atoms with Crippen molar-refractivity contribution in [1.29, 1.82) is 0 Å². The van der Waals surface area contributed by atoms with Crippen LogP contribution in [0.3, 0.4) is 0 Å². The number of para-hydroxylation sites is 1. The number of allylic oxidation sites excluding steroid dienone is 4. The molecule has 1 saturated carbocycles. The second kappa shape index (κ2) is 4.36. The zero-order valence-electron chi connectivity index (χ0n) is 12.5. The van der Waals surface area contributed by atoms with Crippen LogP contribution in [0.15, 0.2) is 48.6 Å². The summed E-state index contributed by atoms with van der Waals surface area (Å²) in [6, 6.07) is 9.85. The first-order valence-corrected chi connectivity index (χ1v) is 10.2. The summed E-state index contributed by atoms with van der Waals surface area (Å²) in [6.45, 7) is 7.34. The average Bonchev–Trinajstić information content (AvgIpc) is 2.94. The quantitative estimate of drug-likeness (QED) is 0.696. The van der Waals surface area contributed by atoms with Gasteiger partial charge in [0.05, 0.1) is 0 Å². The fourth-order valence-corrected chi connectivity index (χ4v) is 6.46. The second-order valence-electron chi connectivity index (χ2n) is 6.68. The first-order valence-electron chi connectivity index (χ1n) is 7.73. The summed E-state index contributed by atoms with van der Waals surface area (Å²) in [7, 11) is -0.466. The minimum absolute atomic E-state index is 0.466. The molecule has 0 spiro atoms. The standard InChI is InChI=1S/C18H22NSi/c1-12-13-8-4-5-9-14(13)17-15-10-6-7-11-16(15)19(18(12)17)20(2)3/h4-14,17-18H,1-3H3. The molecule has 1 aromatic carbocycles. The molecule has 1 aliphatic heterocycles. The van der Waals surface area contributed by atoms with Gasteiger partial charge in [0, 0.05) is 17.6 Å². The highest BCUT2D eigenvalue weighted by atomic mass is 28.3. The molecule has 1 fully saturated rings. The first-order chi connectivity index (χ1) is 9.70. The smallest absolute Gasteiger partial charge is 0.163 e. The first kappa shape index (κ1) is 12.5. The molecule has 5 unspecified atom stereocenters. The Morgan fingerprint density at radius 2 is 1.70 bits per heavy atom. The summed E-state index contributed by atoms with van der Waals surface area (Å²) in [6.07, 6.45) is 9.42. The zero-order chi connectivity index (χ0) is 13.9. The molecule has 4 rings (SSSR count). The van der Waals surface area contributed by atoms with E-state index < -0.39 is 8.96 Å². The van der Waals surface area contributed by atoms with E-state index in [0.717, 1.165) is 11.8 Å². The Bertz CT molecular complexity index is 589. The second-order valence-corrected chi connectivity index (χ2v) is 9.05. The van der Waals surface area contributed by atoms with Crippen LogP contribution in [-0.2, 0) is 0 Å². The maximum Gasteiger partial charge on any atom is 0.163 e. The number of hydrogen-bond donors (Lipinski definition) is 0. The van der Waals surface area contributed by atoms with E-state index in [2.05, 4.69) is 73.2 Å². The van der Waals surface area contributed by atoms with Crippen LogP contribution in [0.25, 0.3) is 0 Å². The number of anilines is 1. The summed E-state index contributed by atoms with van der Waals surface area (Å²) in [5, 5.41) is 0. The van der Waals surface area contributed by atoms with Gasteiger partial charge >= 0.3 is 0 Å². The maximum absolute atomic E-state index is 2.79. The highest BCUT2D eigenvalue weighted by Crippen LogP contribution is 2.58. The fourth-order valence-electron chi connectivity index (χ4n) is 4.78. The molecule has 0 bridgehead atoms. The average molecular weight is 280 g/mol. The van der Waals surface area contributed by atoms with Crippen molar-refractivity contribution in [1.82, 2.24) is 0 Å². The van der Waals surface area contributed by atoms with Crippen molar-refractivity contribution in [3.63, 3.8) is 0 Å². The molecule has 1 aromatic rings. The molecule has 2 aliphatic carbocycles. The summed E-state index contributed by atoms with van der Waals surface area (Å²) in [5.41, 5.74) is 3.12. The number of rotatable bonds is 1. The molecular weight excluding hydrogens is 258 g/mol. The summed E-state index contributed by atoms with van der Waals surface area (Å²) in [5.74, 6) is 2.88. The van der Waals surface area contributed by atoms with Crippen molar-refractivity contribution >= 4 is 14.6 Å². The maximum atomic E-state index is 2.79. The molecule has 0 amide bonds. The van der Waals surface area contributed by atoms with Gasteiger partial charge in [0.2, 0.25) is 0 Å². The Labute approximate surface area is 123 Å². The Hall–Kier alpha value is -1.28. The van der Waals surface area contributed by atoms with Crippen molar-refractivity contribution in [2.24, 2.45) is 17.8 Å². The van der Waals surface area contributed by atoms with Gasteiger partial charge < -0.3 is 4.57 Å². The van der Waals surface area contributed by atoms with Gasteiger partial charge in [-0.05, 0) is 29.4 Å². The third kappa shape index (κ3) is 1.49. The van der Waals surface area contributed by atoms with Crippen LogP contribution < -0.4 is 4.57 Å². The van der Waals surface area contributed by atoms with E-state index in [1.165, 1.54) is 5.69 Å². The third-order valence-corrected chi connectivity index (χ3v) is 6.99. The van der Waals surface area contributed by atoms with E-state index in [1.807, 2.05) is 0 Å². The van der Waals surface area contributed by atoms with E-state index in [-0.39, 0.29) is 0 Å². The predicted molar refractivity (Wildman–Crippen MR) is 87.4 cm³/mol. The van der Waals surface area contributed by atoms with Crippen LogP contribution in [0.2, 0.25) is 13.1 Å². The molecule has 0 aromatic heterocycles. The lowest BCUT2D eigenvalue weighted by molar-refractivity contribution is 0.429. The highest BCUT2D eigenvalue weighted by Gasteiger charge is 2.54. The largest absolute Gasteiger partial charge is 0.394 e. The lowest BCUT2D eigenvalue weighted by Crippen LogP contribution is -2.44.